The smallest absolute Gasteiger partial charge is 0.170 e. The maximum atomic E-state index is 13.4. The molecule has 0 bridgehead atoms. The van der Waals surface area contributed by atoms with E-state index in [1.54, 1.807) is 12.3 Å². The second-order valence-corrected chi connectivity index (χ2v) is 7.96. The largest absolute Gasteiger partial charge is 0.459 e. The van der Waals surface area contributed by atoms with Crippen molar-refractivity contribution in [2.75, 3.05) is 13.2 Å². The van der Waals surface area contributed by atoms with E-state index < -0.39 is 0 Å². The highest BCUT2D eigenvalue weighted by Gasteiger charge is 2.41. The molecule has 0 amide bonds. The Bertz CT molecular complexity index is 1010. The van der Waals surface area contributed by atoms with E-state index in [1.165, 1.54) is 12.1 Å². The van der Waals surface area contributed by atoms with Gasteiger partial charge in [-0.1, -0.05) is 6.07 Å². The Morgan fingerprint density at radius 2 is 2.10 bits per heavy atom. The van der Waals surface area contributed by atoms with Gasteiger partial charge in [0.25, 0.3) is 0 Å². The zero-order chi connectivity index (χ0) is 20.4. The Kier molecular flexibility index (Phi) is 5.94. The summed E-state index contributed by atoms with van der Waals surface area (Å²) in [7, 11) is 0. The summed E-state index contributed by atoms with van der Waals surface area (Å²) in [6.45, 7) is 0.665. The van der Waals surface area contributed by atoms with E-state index in [1.807, 2.05) is 35.2 Å². The van der Waals surface area contributed by atoms with Crippen molar-refractivity contribution in [3.63, 3.8) is 0 Å². The number of benzene rings is 1. The Morgan fingerprint density at radius 1 is 1.24 bits per heavy atom. The second kappa shape index (κ2) is 8.61. The number of nitrogens with zero attached hydrogens (tertiary/aromatic N) is 2. The van der Waals surface area contributed by atoms with Gasteiger partial charge in [-0.15, -0.1) is 0 Å². The lowest BCUT2D eigenvalue weighted by molar-refractivity contribution is 0.233. The van der Waals surface area contributed by atoms with Crippen LogP contribution in [0.3, 0.4) is 0 Å². The van der Waals surface area contributed by atoms with E-state index in [0.717, 1.165) is 17.0 Å². The molecule has 1 saturated heterocycles. The van der Waals surface area contributed by atoms with Crippen LogP contribution in [0.25, 0.3) is 11.3 Å². The van der Waals surface area contributed by atoms with E-state index in [4.69, 9.17) is 16.6 Å². The molecule has 1 fully saturated rings. The third-order valence-corrected chi connectivity index (χ3v) is 5.88. The van der Waals surface area contributed by atoms with Crippen molar-refractivity contribution in [1.29, 1.82) is 0 Å². The number of rotatable bonds is 6. The van der Waals surface area contributed by atoms with Crippen molar-refractivity contribution in [2.24, 2.45) is 0 Å². The first-order chi connectivity index (χ1) is 14.1. The van der Waals surface area contributed by atoms with Crippen LogP contribution in [-0.4, -0.2) is 33.3 Å². The van der Waals surface area contributed by atoms with Crippen LogP contribution in [0.5, 0.6) is 0 Å². The Morgan fingerprint density at radius 3 is 2.83 bits per heavy atom. The molecule has 5 nitrogen and oxygen atoms in total. The highest BCUT2D eigenvalue weighted by atomic mass is 79.9. The molecule has 2 N–H and O–H groups in total. The molecule has 1 aromatic carbocycles. The van der Waals surface area contributed by atoms with E-state index >= 15 is 0 Å². The van der Waals surface area contributed by atoms with Gasteiger partial charge in [0.15, 0.2) is 5.11 Å². The minimum atomic E-state index is -0.317. The number of aromatic nitrogens is 1. The van der Waals surface area contributed by atoms with Crippen LogP contribution >= 0.6 is 28.1 Å². The third kappa shape index (κ3) is 4.05. The molecule has 0 saturated carbocycles. The van der Waals surface area contributed by atoms with Crippen LogP contribution in [0, 0.1) is 5.82 Å². The van der Waals surface area contributed by atoms with Gasteiger partial charge in [-0.3, -0.25) is 4.98 Å². The fourth-order valence-corrected chi connectivity index (χ4v) is 4.42. The number of thiocarbonyl (C=S) groups is 1. The van der Waals surface area contributed by atoms with Gasteiger partial charge in [0.05, 0.1) is 11.7 Å². The van der Waals surface area contributed by atoms with Gasteiger partial charge < -0.3 is 19.7 Å². The molecule has 3 aromatic rings. The van der Waals surface area contributed by atoms with Gasteiger partial charge in [0.2, 0.25) is 0 Å². The quantitative estimate of drug-likeness (QED) is 0.508. The highest BCUT2D eigenvalue weighted by molar-refractivity contribution is 9.10. The van der Waals surface area contributed by atoms with Crippen LogP contribution < -0.4 is 5.32 Å². The zero-order valence-corrected chi connectivity index (χ0v) is 17.8. The first-order valence-electron chi connectivity index (χ1n) is 9.22. The predicted molar refractivity (Wildman–Crippen MR) is 116 cm³/mol. The minimum absolute atomic E-state index is 0.0754. The summed E-state index contributed by atoms with van der Waals surface area (Å²) < 4.78 is 20.3. The van der Waals surface area contributed by atoms with Crippen LogP contribution in [0.2, 0.25) is 0 Å². The number of aliphatic hydroxyl groups is 1. The number of aliphatic hydroxyl groups excluding tert-OH is 1. The fraction of sp³-hybridized carbons (Fsp3) is 0.238. The Balaban J connectivity index is 1.72. The highest BCUT2D eigenvalue weighted by Crippen LogP contribution is 2.41. The molecule has 3 heterocycles. The average Bonchev–Trinajstić information content (AvgIpc) is 3.31. The first-order valence-corrected chi connectivity index (χ1v) is 10.4. The van der Waals surface area contributed by atoms with Crippen molar-refractivity contribution in [3.8, 4) is 11.3 Å². The summed E-state index contributed by atoms with van der Waals surface area (Å²) in [5.41, 5.74) is 1.62. The number of hydrogen-bond donors (Lipinski definition) is 2. The monoisotopic (exact) mass is 475 g/mol. The average molecular weight is 476 g/mol. The van der Waals surface area contributed by atoms with Crippen LogP contribution in [0.4, 0.5) is 4.39 Å². The molecule has 29 heavy (non-hydrogen) atoms. The molecule has 0 aliphatic carbocycles. The number of furan rings is 1. The normalized spacial score (nSPS) is 18.9. The predicted octanol–water partition coefficient (Wildman–Crippen LogP) is 4.60. The van der Waals surface area contributed by atoms with Gasteiger partial charge in [-0.25, -0.2) is 4.39 Å². The summed E-state index contributed by atoms with van der Waals surface area (Å²) in [5, 5.41) is 13.2. The molecule has 1 aliphatic rings. The van der Waals surface area contributed by atoms with E-state index in [-0.39, 0.29) is 24.5 Å². The summed E-state index contributed by atoms with van der Waals surface area (Å²) in [5.74, 6) is 1.03. The van der Waals surface area contributed by atoms with Gasteiger partial charge in [-0.05, 0) is 77.0 Å². The zero-order valence-electron chi connectivity index (χ0n) is 15.4. The summed E-state index contributed by atoms with van der Waals surface area (Å²) in [6, 6.07) is 13.6. The van der Waals surface area contributed by atoms with Crippen LogP contribution in [0.15, 0.2) is 63.6 Å². The van der Waals surface area contributed by atoms with Crippen molar-refractivity contribution in [3.05, 3.63) is 76.5 Å². The maximum absolute atomic E-state index is 13.4. The maximum Gasteiger partial charge on any atom is 0.170 e. The van der Waals surface area contributed by atoms with Crippen LogP contribution in [0.1, 0.15) is 30.0 Å². The van der Waals surface area contributed by atoms with Crippen LogP contribution in [-0.2, 0) is 0 Å². The molecule has 8 heteroatoms. The minimum Gasteiger partial charge on any atom is -0.459 e. The lowest BCUT2D eigenvalue weighted by Crippen LogP contribution is -2.30. The SMILES string of the molecule is OCCCN1C(=S)N[C@H](c2ccccn2)[C@H]1c1ccc(-c2ccc(F)cc2Br)o1. The molecular weight excluding hydrogens is 457 g/mol. The van der Waals surface area contributed by atoms with Crippen molar-refractivity contribution < 1.29 is 13.9 Å². The standard InChI is InChI=1S/C21H19BrFN3O2S/c22-15-12-13(23)5-6-14(15)17-7-8-18(28-17)20-19(16-4-1-2-9-24-16)25-21(29)26(20)10-3-11-27/h1-2,4-9,12,19-20,27H,3,10-11H2,(H,25,29)/t19-,20-/m1/s1. The molecule has 0 unspecified atom stereocenters. The molecule has 0 spiro atoms. The van der Waals surface area contributed by atoms with Gasteiger partial charge in [0.1, 0.15) is 23.4 Å². The molecule has 1 aliphatic heterocycles. The first kappa shape index (κ1) is 20.0. The third-order valence-electron chi connectivity index (χ3n) is 4.87. The van der Waals surface area contributed by atoms with E-state index in [9.17, 15) is 9.50 Å². The van der Waals surface area contributed by atoms with Gasteiger partial charge in [0, 0.05) is 29.4 Å². The number of hydrogen-bond acceptors (Lipinski definition) is 4. The molecule has 0 radical (unpaired) electrons. The number of nitrogens with one attached hydrogen (secondary N) is 1. The van der Waals surface area contributed by atoms with E-state index in [0.29, 0.717) is 28.3 Å². The second-order valence-electron chi connectivity index (χ2n) is 6.72. The molecule has 150 valence electrons. The summed E-state index contributed by atoms with van der Waals surface area (Å²) in [6.07, 6.45) is 2.33. The van der Waals surface area contributed by atoms with Crippen molar-refractivity contribution in [2.45, 2.75) is 18.5 Å². The molecular formula is C21H19BrFN3O2S. The number of halogens is 2. The molecule has 4 rings (SSSR count). The summed E-state index contributed by atoms with van der Waals surface area (Å²) >= 11 is 8.96. The lowest BCUT2D eigenvalue weighted by Gasteiger charge is -2.25. The van der Waals surface area contributed by atoms with Gasteiger partial charge >= 0.3 is 0 Å². The Hall–Kier alpha value is -2.29. The van der Waals surface area contributed by atoms with Crippen molar-refractivity contribution >= 4 is 33.3 Å². The van der Waals surface area contributed by atoms with Gasteiger partial charge in [-0.2, -0.15) is 0 Å². The molecule has 2 aromatic heterocycles. The van der Waals surface area contributed by atoms with E-state index in [2.05, 4.69) is 26.2 Å². The van der Waals surface area contributed by atoms with Crippen molar-refractivity contribution in [1.82, 2.24) is 15.2 Å². The summed E-state index contributed by atoms with van der Waals surface area (Å²) in [4.78, 5) is 6.51. The molecule has 2 atom stereocenters. The number of pyridine rings is 1. The fourth-order valence-electron chi connectivity index (χ4n) is 3.54. The Labute approximate surface area is 181 Å². The lowest BCUT2D eigenvalue weighted by atomic mass is 10.0. The topological polar surface area (TPSA) is 61.5 Å².